The Morgan fingerprint density at radius 3 is 2.15 bits per heavy atom. The summed E-state index contributed by atoms with van der Waals surface area (Å²) in [6, 6.07) is 22.8. The van der Waals surface area contributed by atoms with Crippen LogP contribution < -0.4 is 14.2 Å². The van der Waals surface area contributed by atoms with Gasteiger partial charge in [-0.3, -0.25) is 4.98 Å². The average molecular weight is 526 g/mol. The van der Waals surface area contributed by atoms with Gasteiger partial charge >= 0.3 is 0 Å². The molecule has 0 unspecified atom stereocenters. The minimum atomic E-state index is -0.580. The van der Waals surface area contributed by atoms with Gasteiger partial charge in [0.2, 0.25) is 11.5 Å². The molecule has 0 aliphatic carbocycles. The highest BCUT2D eigenvalue weighted by molar-refractivity contribution is 5.82. The van der Waals surface area contributed by atoms with Crippen molar-refractivity contribution in [2.75, 3.05) is 20.3 Å². The Kier molecular flexibility index (Phi) is 6.62. The molecule has 8 heteroatoms. The summed E-state index contributed by atoms with van der Waals surface area (Å²) in [5.74, 6) is 0.371. The Morgan fingerprint density at radius 1 is 0.923 bits per heavy atom. The Bertz CT molecular complexity index is 1600. The molecule has 0 amide bonds. The fraction of sp³-hybridized carbons (Fsp3) is 0.226. The highest BCUT2D eigenvalue weighted by Crippen LogP contribution is 2.46. The zero-order valence-electron chi connectivity index (χ0n) is 21.8. The van der Waals surface area contributed by atoms with Crippen molar-refractivity contribution in [3.05, 3.63) is 102 Å². The summed E-state index contributed by atoms with van der Waals surface area (Å²) >= 11 is 0. The number of methoxy groups -OCH3 is 1. The second kappa shape index (κ2) is 10.4. The minimum absolute atomic E-state index is 0.0316. The smallest absolute Gasteiger partial charge is 0.207 e. The first-order valence-corrected chi connectivity index (χ1v) is 12.7. The zero-order valence-corrected chi connectivity index (χ0v) is 21.8. The molecule has 3 aromatic carbocycles. The third-order valence-electron chi connectivity index (χ3n) is 6.88. The lowest BCUT2D eigenvalue weighted by molar-refractivity contribution is -0.0868. The summed E-state index contributed by atoms with van der Waals surface area (Å²) in [5, 5.41) is 0. The van der Waals surface area contributed by atoms with Crippen molar-refractivity contribution in [1.82, 2.24) is 14.5 Å². The number of fused-ring (bicyclic) bond motifs is 1. The molecule has 5 aromatic rings. The van der Waals surface area contributed by atoms with Crippen LogP contribution in [0.5, 0.6) is 17.2 Å². The number of benzene rings is 3. The van der Waals surface area contributed by atoms with Crippen molar-refractivity contribution in [2.24, 2.45) is 0 Å². The van der Waals surface area contributed by atoms with E-state index in [9.17, 15) is 0 Å². The van der Waals surface area contributed by atoms with Crippen LogP contribution in [0.15, 0.2) is 85.2 Å². The topological polar surface area (TPSA) is 67.6 Å². The molecule has 1 saturated heterocycles. The Morgan fingerprint density at radius 2 is 1.56 bits per heavy atom. The average Bonchev–Trinajstić information content (AvgIpc) is 3.35. The summed E-state index contributed by atoms with van der Waals surface area (Å²) in [4.78, 5) is 9.02. The lowest BCUT2D eigenvalue weighted by Crippen LogP contribution is -2.49. The van der Waals surface area contributed by atoms with Gasteiger partial charge in [-0.2, -0.15) is 0 Å². The number of aromatic nitrogens is 3. The SMILES string of the molecule is COc1cc(-c2nc3cnccc3n2C2(C)COC2)c(F)c(OCc2ccccc2)c1OCc1ccccc1. The molecular formula is C31H28FN3O4. The van der Waals surface area contributed by atoms with Gasteiger partial charge in [0.25, 0.3) is 0 Å². The van der Waals surface area contributed by atoms with Crippen LogP contribution in [-0.2, 0) is 23.5 Å². The predicted molar refractivity (Wildman–Crippen MR) is 145 cm³/mol. The number of pyridine rings is 1. The summed E-state index contributed by atoms with van der Waals surface area (Å²) in [6.45, 7) is 3.42. The molecule has 0 spiro atoms. The van der Waals surface area contributed by atoms with Crippen molar-refractivity contribution in [1.29, 1.82) is 0 Å². The summed E-state index contributed by atoms with van der Waals surface area (Å²) in [5.41, 5.74) is 3.19. The van der Waals surface area contributed by atoms with E-state index in [4.69, 9.17) is 23.9 Å². The second-order valence-corrected chi connectivity index (χ2v) is 9.77. The van der Waals surface area contributed by atoms with Crippen molar-refractivity contribution in [3.8, 4) is 28.6 Å². The maximum Gasteiger partial charge on any atom is 0.207 e. The normalized spacial score (nSPS) is 14.1. The molecular weight excluding hydrogens is 497 g/mol. The second-order valence-electron chi connectivity index (χ2n) is 9.77. The monoisotopic (exact) mass is 525 g/mol. The molecule has 1 aliphatic rings. The van der Waals surface area contributed by atoms with E-state index in [-0.39, 0.29) is 30.3 Å². The van der Waals surface area contributed by atoms with E-state index in [1.54, 1.807) is 18.5 Å². The van der Waals surface area contributed by atoms with Gasteiger partial charge in [-0.05, 0) is 30.2 Å². The minimum Gasteiger partial charge on any atom is -0.493 e. The van der Waals surface area contributed by atoms with Gasteiger partial charge in [0.1, 0.15) is 24.6 Å². The summed E-state index contributed by atoms with van der Waals surface area (Å²) in [6.07, 6.45) is 3.39. The van der Waals surface area contributed by atoms with Gasteiger partial charge in [0.05, 0.1) is 43.1 Å². The molecule has 7 nitrogen and oxygen atoms in total. The maximum absolute atomic E-state index is 16.6. The first-order valence-electron chi connectivity index (χ1n) is 12.7. The number of ether oxygens (including phenoxy) is 4. The molecule has 0 N–H and O–H groups in total. The highest BCUT2D eigenvalue weighted by atomic mass is 19.1. The van der Waals surface area contributed by atoms with E-state index in [0.29, 0.717) is 30.3 Å². The van der Waals surface area contributed by atoms with Crippen molar-refractivity contribution >= 4 is 11.0 Å². The Labute approximate surface area is 225 Å². The fourth-order valence-corrected chi connectivity index (χ4v) is 4.82. The molecule has 0 radical (unpaired) electrons. The van der Waals surface area contributed by atoms with Crippen LogP contribution in [0, 0.1) is 5.82 Å². The molecule has 2 aromatic heterocycles. The number of rotatable bonds is 9. The quantitative estimate of drug-likeness (QED) is 0.230. The molecule has 0 saturated carbocycles. The van der Waals surface area contributed by atoms with Gasteiger partial charge < -0.3 is 23.5 Å². The molecule has 1 aliphatic heterocycles. The molecule has 39 heavy (non-hydrogen) atoms. The third-order valence-corrected chi connectivity index (χ3v) is 6.88. The summed E-state index contributed by atoms with van der Waals surface area (Å²) in [7, 11) is 1.53. The number of hydrogen-bond acceptors (Lipinski definition) is 6. The fourth-order valence-electron chi connectivity index (χ4n) is 4.82. The number of imidazole rings is 1. The van der Waals surface area contributed by atoms with E-state index >= 15 is 4.39 Å². The van der Waals surface area contributed by atoms with Gasteiger partial charge in [0, 0.05) is 6.20 Å². The van der Waals surface area contributed by atoms with Crippen LogP contribution in [0.3, 0.4) is 0 Å². The molecule has 0 bridgehead atoms. The van der Waals surface area contributed by atoms with Crippen LogP contribution >= 0.6 is 0 Å². The standard InChI is InChI=1S/C31H28FN3O4/c1-31(19-37-20-31)35-25-13-14-33-16-24(25)34-30(35)23-15-26(36-2)28(38-17-21-9-5-3-6-10-21)29(27(23)32)39-18-22-11-7-4-8-12-22/h3-16H,17-20H2,1-2H3. The molecule has 3 heterocycles. The Hall–Kier alpha value is -4.43. The van der Waals surface area contributed by atoms with Crippen molar-refractivity contribution < 1.29 is 23.3 Å². The van der Waals surface area contributed by atoms with E-state index in [1.807, 2.05) is 71.3 Å². The van der Waals surface area contributed by atoms with Crippen LogP contribution in [0.1, 0.15) is 18.1 Å². The van der Waals surface area contributed by atoms with E-state index in [0.717, 1.165) is 16.6 Å². The predicted octanol–water partition coefficient (Wildman–Crippen LogP) is 6.15. The number of halogens is 1. The third kappa shape index (κ3) is 4.68. The van der Waals surface area contributed by atoms with E-state index in [1.165, 1.54) is 7.11 Å². The largest absolute Gasteiger partial charge is 0.493 e. The van der Waals surface area contributed by atoms with Crippen LogP contribution in [-0.4, -0.2) is 34.9 Å². The van der Waals surface area contributed by atoms with E-state index in [2.05, 4.69) is 11.9 Å². The van der Waals surface area contributed by atoms with Gasteiger partial charge in [-0.1, -0.05) is 60.7 Å². The van der Waals surface area contributed by atoms with Crippen molar-refractivity contribution in [3.63, 3.8) is 0 Å². The van der Waals surface area contributed by atoms with Crippen LogP contribution in [0.4, 0.5) is 4.39 Å². The highest BCUT2D eigenvalue weighted by Gasteiger charge is 2.39. The van der Waals surface area contributed by atoms with Crippen molar-refractivity contribution in [2.45, 2.75) is 25.7 Å². The first-order chi connectivity index (χ1) is 19.1. The lowest BCUT2D eigenvalue weighted by atomic mass is 9.98. The van der Waals surface area contributed by atoms with Gasteiger partial charge in [-0.15, -0.1) is 0 Å². The van der Waals surface area contributed by atoms with E-state index < -0.39 is 11.4 Å². The summed E-state index contributed by atoms with van der Waals surface area (Å²) < 4.78 is 42.2. The zero-order chi connectivity index (χ0) is 26.8. The molecule has 6 rings (SSSR count). The van der Waals surface area contributed by atoms with Gasteiger partial charge in [-0.25, -0.2) is 9.37 Å². The van der Waals surface area contributed by atoms with Gasteiger partial charge in [0.15, 0.2) is 11.6 Å². The number of hydrogen-bond donors (Lipinski definition) is 0. The first kappa shape index (κ1) is 24.9. The molecule has 0 atom stereocenters. The van der Waals surface area contributed by atoms with Crippen LogP contribution in [0.2, 0.25) is 0 Å². The molecule has 1 fully saturated rings. The Balaban J connectivity index is 1.50. The molecule has 198 valence electrons. The number of nitrogens with zero attached hydrogens (tertiary/aromatic N) is 3. The lowest BCUT2D eigenvalue weighted by Gasteiger charge is -2.40. The van der Waals surface area contributed by atoms with Crippen LogP contribution in [0.25, 0.3) is 22.4 Å². The maximum atomic E-state index is 16.6.